The highest BCUT2D eigenvalue weighted by atomic mass is 16.6. The summed E-state index contributed by atoms with van der Waals surface area (Å²) in [6.45, 7) is 12.2. The van der Waals surface area contributed by atoms with Crippen molar-refractivity contribution in [1.82, 2.24) is 15.5 Å². The first-order valence-corrected chi connectivity index (χ1v) is 9.82. The van der Waals surface area contributed by atoms with Gasteiger partial charge in [0.1, 0.15) is 11.1 Å². The number of ether oxygens (including phenoxy) is 2. The molecule has 1 saturated heterocycles. The fraction of sp³-hybridized carbons (Fsp3) is 0.895. The molecule has 150 valence electrons. The standard InChI is InChI=1S/C19H35N3O4/c1-15-7-5-6-8-19(15,21-17(24)26-18(2,3)4)16(23)20-9-10-22-11-13-25-14-12-22/h15H,5-14H2,1-4H3,(H,20,23)(H,21,24). The molecule has 1 aliphatic heterocycles. The van der Waals surface area contributed by atoms with E-state index in [2.05, 4.69) is 15.5 Å². The second kappa shape index (κ2) is 9.04. The minimum Gasteiger partial charge on any atom is -0.444 e. The van der Waals surface area contributed by atoms with Crippen molar-refractivity contribution in [3.05, 3.63) is 0 Å². The zero-order valence-electron chi connectivity index (χ0n) is 16.7. The van der Waals surface area contributed by atoms with Gasteiger partial charge in [0, 0.05) is 26.2 Å². The molecule has 0 spiro atoms. The normalized spacial score (nSPS) is 27.6. The third-order valence-electron chi connectivity index (χ3n) is 5.25. The number of nitrogens with zero attached hydrogens (tertiary/aromatic N) is 1. The summed E-state index contributed by atoms with van der Waals surface area (Å²) in [5, 5.41) is 5.97. The van der Waals surface area contributed by atoms with E-state index >= 15 is 0 Å². The summed E-state index contributed by atoms with van der Waals surface area (Å²) in [6, 6.07) is 0. The Morgan fingerprint density at radius 3 is 2.54 bits per heavy atom. The van der Waals surface area contributed by atoms with Crippen LogP contribution in [-0.4, -0.2) is 67.4 Å². The van der Waals surface area contributed by atoms with Crippen molar-refractivity contribution in [2.75, 3.05) is 39.4 Å². The molecule has 0 radical (unpaired) electrons. The average Bonchev–Trinajstić information content (AvgIpc) is 2.56. The number of carbonyl (C=O) groups excluding carboxylic acids is 2. The molecule has 26 heavy (non-hydrogen) atoms. The number of rotatable bonds is 5. The predicted octanol–water partition coefficient (Wildman–Crippen LogP) is 1.91. The Morgan fingerprint density at radius 1 is 1.23 bits per heavy atom. The predicted molar refractivity (Wildman–Crippen MR) is 100 cm³/mol. The Bertz CT molecular complexity index is 486. The summed E-state index contributed by atoms with van der Waals surface area (Å²) >= 11 is 0. The first-order chi connectivity index (χ1) is 12.2. The highest BCUT2D eigenvalue weighted by molar-refractivity contribution is 5.90. The summed E-state index contributed by atoms with van der Waals surface area (Å²) < 4.78 is 10.8. The van der Waals surface area contributed by atoms with Crippen LogP contribution in [0.2, 0.25) is 0 Å². The van der Waals surface area contributed by atoms with Crippen LogP contribution < -0.4 is 10.6 Å². The molecular weight excluding hydrogens is 334 g/mol. The molecule has 2 aliphatic rings. The van der Waals surface area contributed by atoms with Gasteiger partial charge in [0.2, 0.25) is 5.91 Å². The van der Waals surface area contributed by atoms with Crippen LogP contribution in [0.3, 0.4) is 0 Å². The molecule has 2 N–H and O–H groups in total. The van der Waals surface area contributed by atoms with Gasteiger partial charge in [0.25, 0.3) is 0 Å². The maximum Gasteiger partial charge on any atom is 0.408 e. The summed E-state index contributed by atoms with van der Waals surface area (Å²) in [5.41, 5.74) is -1.47. The quantitative estimate of drug-likeness (QED) is 0.774. The second-order valence-corrected chi connectivity index (χ2v) is 8.45. The first kappa shape index (κ1) is 21.0. The smallest absolute Gasteiger partial charge is 0.408 e. The number of amides is 2. The number of carbonyl (C=O) groups is 2. The molecular formula is C19H35N3O4. The summed E-state index contributed by atoms with van der Waals surface area (Å²) in [5.74, 6) is -0.0176. The molecule has 1 saturated carbocycles. The molecule has 2 atom stereocenters. The fourth-order valence-corrected chi connectivity index (χ4v) is 3.72. The SMILES string of the molecule is CC1CCCCC1(NC(=O)OC(C)(C)C)C(=O)NCCN1CCOCC1. The lowest BCUT2D eigenvalue weighted by molar-refractivity contribution is -0.131. The van der Waals surface area contributed by atoms with E-state index in [4.69, 9.17) is 9.47 Å². The molecule has 2 rings (SSSR count). The van der Waals surface area contributed by atoms with Crippen molar-refractivity contribution >= 4 is 12.0 Å². The van der Waals surface area contributed by atoms with Crippen molar-refractivity contribution in [3.63, 3.8) is 0 Å². The van der Waals surface area contributed by atoms with Crippen molar-refractivity contribution in [2.45, 2.75) is 64.5 Å². The molecule has 7 heteroatoms. The molecule has 0 bridgehead atoms. The maximum absolute atomic E-state index is 13.0. The molecule has 2 amide bonds. The highest BCUT2D eigenvalue weighted by Crippen LogP contribution is 2.34. The van der Waals surface area contributed by atoms with E-state index < -0.39 is 17.2 Å². The van der Waals surface area contributed by atoms with Gasteiger partial charge in [0.05, 0.1) is 13.2 Å². The van der Waals surface area contributed by atoms with E-state index in [0.29, 0.717) is 13.0 Å². The van der Waals surface area contributed by atoms with Gasteiger partial charge in [-0.05, 0) is 39.5 Å². The van der Waals surface area contributed by atoms with Gasteiger partial charge in [-0.25, -0.2) is 4.79 Å². The van der Waals surface area contributed by atoms with Crippen LogP contribution in [0.4, 0.5) is 4.79 Å². The summed E-state index contributed by atoms with van der Waals surface area (Å²) in [7, 11) is 0. The molecule has 2 unspecified atom stereocenters. The lowest BCUT2D eigenvalue weighted by Crippen LogP contribution is -2.64. The lowest BCUT2D eigenvalue weighted by Gasteiger charge is -2.42. The zero-order valence-corrected chi connectivity index (χ0v) is 16.7. The van der Waals surface area contributed by atoms with Crippen LogP contribution in [-0.2, 0) is 14.3 Å². The molecule has 1 aliphatic carbocycles. The van der Waals surface area contributed by atoms with Crippen LogP contribution in [0.1, 0.15) is 53.4 Å². The lowest BCUT2D eigenvalue weighted by atomic mass is 9.73. The number of alkyl carbamates (subject to hydrolysis) is 1. The van der Waals surface area contributed by atoms with E-state index in [-0.39, 0.29) is 11.8 Å². The van der Waals surface area contributed by atoms with Crippen LogP contribution >= 0.6 is 0 Å². The summed E-state index contributed by atoms with van der Waals surface area (Å²) in [4.78, 5) is 27.7. The molecule has 0 aromatic carbocycles. The van der Waals surface area contributed by atoms with Crippen molar-refractivity contribution in [3.8, 4) is 0 Å². The Morgan fingerprint density at radius 2 is 1.92 bits per heavy atom. The number of nitrogens with one attached hydrogen (secondary N) is 2. The van der Waals surface area contributed by atoms with Crippen LogP contribution in [0.5, 0.6) is 0 Å². The summed E-state index contributed by atoms with van der Waals surface area (Å²) in [6.07, 6.45) is 3.06. The van der Waals surface area contributed by atoms with E-state index in [1.54, 1.807) is 0 Å². The van der Waals surface area contributed by atoms with Gasteiger partial charge in [-0.2, -0.15) is 0 Å². The van der Waals surface area contributed by atoms with Gasteiger partial charge < -0.3 is 20.1 Å². The Balaban J connectivity index is 1.96. The highest BCUT2D eigenvalue weighted by Gasteiger charge is 2.46. The number of hydrogen-bond acceptors (Lipinski definition) is 5. The van der Waals surface area contributed by atoms with Gasteiger partial charge in [-0.3, -0.25) is 9.69 Å². The van der Waals surface area contributed by atoms with Crippen molar-refractivity contribution in [2.24, 2.45) is 5.92 Å². The van der Waals surface area contributed by atoms with E-state index in [1.807, 2.05) is 27.7 Å². The Labute approximate surface area is 157 Å². The first-order valence-electron chi connectivity index (χ1n) is 9.82. The van der Waals surface area contributed by atoms with Crippen molar-refractivity contribution in [1.29, 1.82) is 0 Å². The van der Waals surface area contributed by atoms with E-state index in [0.717, 1.165) is 52.1 Å². The fourth-order valence-electron chi connectivity index (χ4n) is 3.72. The molecule has 0 aromatic heterocycles. The molecule has 0 aromatic rings. The van der Waals surface area contributed by atoms with Crippen LogP contribution in [0.25, 0.3) is 0 Å². The Hall–Kier alpha value is -1.34. The minimum absolute atomic E-state index is 0.0761. The van der Waals surface area contributed by atoms with Crippen molar-refractivity contribution < 1.29 is 19.1 Å². The molecule has 1 heterocycles. The molecule has 7 nitrogen and oxygen atoms in total. The largest absolute Gasteiger partial charge is 0.444 e. The van der Waals surface area contributed by atoms with Gasteiger partial charge in [-0.15, -0.1) is 0 Å². The number of hydrogen-bond donors (Lipinski definition) is 2. The number of morpholine rings is 1. The zero-order chi connectivity index (χ0) is 19.2. The van der Waals surface area contributed by atoms with Crippen LogP contribution in [0.15, 0.2) is 0 Å². The van der Waals surface area contributed by atoms with E-state index in [1.165, 1.54) is 0 Å². The van der Waals surface area contributed by atoms with Crippen LogP contribution in [0, 0.1) is 5.92 Å². The third kappa shape index (κ3) is 5.84. The topological polar surface area (TPSA) is 79.9 Å². The Kier molecular flexibility index (Phi) is 7.29. The monoisotopic (exact) mass is 369 g/mol. The van der Waals surface area contributed by atoms with Gasteiger partial charge in [-0.1, -0.05) is 19.8 Å². The minimum atomic E-state index is -0.883. The average molecular weight is 370 g/mol. The second-order valence-electron chi connectivity index (χ2n) is 8.45. The molecule has 2 fully saturated rings. The van der Waals surface area contributed by atoms with Gasteiger partial charge >= 0.3 is 6.09 Å². The van der Waals surface area contributed by atoms with Gasteiger partial charge in [0.15, 0.2) is 0 Å². The maximum atomic E-state index is 13.0. The van der Waals surface area contributed by atoms with E-state index in [9.17, 15) is 9.59 Å². The third-order valence-corrected chi connectivity index (χ3v) is 5.25.